The number of hydroxylamine groups is 1. The van der Waals surface area contributed by atoms with Crippen LogP contribution in [-0.2, 0) is 20.8 Å². The lowest BCUT2D eigenvalue weighted by atomic mass is 10.0. The van der Waals surface area contributed by atoms with Crippen LogP contribution >= 0.6 is 0 Å². The van der Waals surface area contributed by atoms with E-state index >= 15 is 0 Å². The molecule has 0 spiro atoms. The number of nitrogens with one attached hydrogen (secondary N) is 4. The predicted molar refractivity (Wildman–Crippen MR) is 106 cm³/mol. The minimum absolute atomic E-state index is 0.0403. The number of fused-ring (bicyclic) bond motifs is 1. The van der Waals surface area contributed by atoms with Crippen molar-refractivity contribution in [2.24, 2.45) is 0 Å². The summed E-state index contributed by atoms with van der Waals surface area (Å²) in [6.45, 7) is 0.0403. The van der Waals surface area contributed by atoms with Crippen LogP contribution in [0.2, 0.25) is 0 Å². The number of rotatable bonds is 6. The molecule has 0 saturated carbocycles. The number of aromatic amines is 1. The molecule has 0 unspecified atom stereocenters. The molecule has 2 atom stereocenters. The Labute approximate surface area is 166 Å². The first-order chi connectivity index (χ1) is 14.1. The SMILES string of the molecule is O=C(N[C@@H](Cc1ccccc1)C(=O)N[C@@H]1CONC1=O)c1cc2ccccc2[nH]1. The molecular formula is C21H20N4O4. The molecule has 8 nitrogen and oxygen atoms in total. The summed E-state index contributed by atoms with van der Waals surface area (Å²) in [5.74, 6) is -1.27. The van der Waals surface area contributed by atoms with Gasteiger partial charge in [0.2, 0.25) is 5.91 Å². The summed E-state index contributed by atoms with van der Waals surface area (Å²) in [5, 5.41) is 6.31. The Morgan fingerprint density at radius 2 is 1.86 bits per heavy atom. The number of hydrogen-bond acceptors (Lipinski definition) is 4. The van der Waals surface area contributed by atoms with Gasteiger partial charge in [0.15, 0.2) is 0 Å². The maximum Gasteiger partial charge on any atom is 0.268 e. The van der Waals surface area contributed by atoms with Gasteiger partial charge >= 0.3 is 0 Å². The highest BCUT2D eigenvalue weighted by Gasteiger charge is 2.31. The highest BCUT2D eigenvalue weighted by Crippen LogP contribution is 2.15. The van der Waals surface area contributed by atoms with Crippen molar-refractivity contribution in [2.75, 3.05) is 6.61 Å². The number of aromatic nitrogens is 1. The van der Waals surface area contributed by atoms with Crippen molar-refractivity contribution in [3.63, 3.8) is 0 Å². The van der Waals surface area contributed by atoms with Gasteiger partial charge in [-0.05, 0) is 17.7 Å². The largest absolute Gasteiger partial charge is 0.351 e. The van der Waals surface area contributed by atoms with Crippen LogP contribution in [0.1, 0.15) is 16.1 Å². The molecule has 29 heavy (non-hydrogen) atoms. The van der Waals surface area contributed by atoms with Crippen molar-refractivity contribution < 1.29 is 19.2 Å². The van der Waals surface area contributed by atoms with Crippen LogP contribution in [0.4, 0.5) is 0 Å². The second kappa shape index (κ2) is 8.15. The molecule has 8 heteroatoms. The molecule has 1 aliphatic heterocycles. The Balaban J connectivity index is 1.52. The smallest absolute Gasteiger partial charge is 0.268 e. The molecule has 4 rings (SSSR count). The topological polar surface area (TPSA) is 112 Å². The zero-order valence-electron chi connectivity index (χ0n) is 15.5. The normalized spacial score (nSPS) is 17.0. The number of carbonyl (C=O) groups is 3. The number of hydrogen-bond donors (Lipinski definition) is 4. The number of para-hydroxylation sites is 1. The maximum atomic E-state index is 12.8. The van der Waals surface area contributed by atoms with Crippen molar-refractivity contribution in [2.45, 2.75) is 18.5 Å². The molecule has 0 bridgehead atoms. The van der Waals surface area contributed by atoms with Crippen LogP contribution in [0.5, 0.6) is 0 Å². The summed E-state index contributed by atoms with van der Waals surface area (Å²) in [7, 11) is 0. The van der Waals surface area contributed by atoms with Gasteiger partial charge in [0.25, 0.3) is 11.8 Å². The van der Waals surface area contributed by atoms with Gasteiger partial charge in [-0.25, -0.2) is 5.48 Å². The maximum absolute atomic E-state index is 12.8. The van der Waals surface area contributed by atoms with E-state index in [1.165, 1.54) is 0 Å². The van der Waals surface area contributed by atoms with E-state index in [9.17, 15) is 14.4 Å². The molecule has 4 N–H and O–H groups in total. The van der Waals surface area contributed by atoms with E-state index in [-0.39, 0.29) is 13.0 Å². The van der Waals surface area contributed by atoms with Crippen LogP contribution in [0.3, 0.4) is 0 Å². The summed E-state index contributed by atoms with van der Waals surface area (Å²) in [5.41, 5.74) is 4.28. The molecule has 0 aliphatic carbocycles. The summed E-state index contributed by atoms with van der Waals surface area (Å²) >= 11 is 0. The average molecular weight is 392 g/mol. The van der Waals surface area contributed by atoms with Gasteiger partial charge in [0, 0.05) is 17.3 Å². The minimum atomic E-state index is -0.857. The first-order valence-electron chi connectivity index (χ1n) is 9.25. The fraction of sp³-hybridized carbons (Fsp3) is 0.190. The second-order valence-corrected chi connectivity index (χ2v) is 6.82. The minimum Gasteiger partial charge on any atom is -0.351 e. The summed E-state index contributed by atoms with van der Waals surface area (Å²) in [6.07, 6.45) is 0.286. The summed E-state index contributed by atoms with van der Waals surface area (Å²) < 4.78 is 0. The van der Waals surface area contributed by atoms with Gasteiger partial charge in [-0.15, -0.1) is 0 Å². The molecular weight excluding hydrogens is 372 g/mol. The predicted octanol–water partition coefficient (Wildman–Crippen LogP) is 1.06. The molecule has 1 aromatic heterocycles. The average Bonchev–Trinajstić information content (AvgIpc) is 3.34. The fourth-order valence-electron chi connectivity index (χ4n) is 3.21. The van der Waals surface area contributed by atoms with E-state index in [2.05, 4.69) is 21.1 Å². The molecule has 1 saturated heterocycles. The molecule has 0 radical (unpaired) electrons. The lowest BCUT2D eigenvalue weighted by Crippen LogP contribution is -2.52. The first-order valence-corrected chi connectivity index (χ1v) is 9.25. The van der Waals surface area contributed by atoms with Gasteiger partial charge in [0.1, 0.15) is 24.4 Å². The summed E-state index contributed by atoms with van der Waals surface area (Å²) in [6, 6.07) is 17.0. The van der Waals surface area contributed by atoms with Gasteiger partial charge in [-0.1, -0.05) is 48.5 Å². The van der Waals surface area contributed by atoms with Crippen LogP contribution < -0.4 is 16.1 Å². The molecule has 2 aromatic carbocycles. The van der Waals surface area contributed by atoms with E-state index in [1.807, 2.05) is 54.6 Å². The van der Waals surface area contributed by atoms with Crippen molar-refractivity contribution in [3.05, 3.63) is 71.9 Å². The number of amides is 3. The van der Waals surface area contributed by atoms with Crippen molar-refractivity contribution >= 4 is 28.6 Å². The van der Waals surface area contributed by atoms with E-state index in [1.54, 1.807) is 6.07 Å². The molecule has 1 aliphatic rings. The third-order valence-corrected chi connectivity index (χ3v) is 4.73. The zero-order valence-corrected chi connectivity index (χ0v) is 15.5. The van der Waals surface area contributed by atoms with E-state index in [0.29, 0.717) is 5.69 Å². The lowest BCUT2D eigenvalue weighted by Gasteiger charge is -2.19. The monoisotopic (exact) mass is 392 g/mol. The fourth-order valence-corrected chi connectivity index (χ4v) is 3.21. The Hall–Kier alpha value is -3.65. The van der Waals surface area contributed by atoms with Gasteiger partial charge in [-0.2, -0.15) is 0 Å². The highest BCUT2D eigenvalue weighted by molar-refractivity contribution is 6.00. The molecule has 3 amide bonds. The second-order valence-electron chi connectivity index (χ2n) is 6.82. The highest BCUT2D eigenvalue weighted by atomic mass is 16.7. The lowest BCUT2D eigenvalue weighted by molar-refractivity contribution is -0.129. The van der Waals surface area contributed by atoms with Crippen LogP contribution in [-0.4, -0.2) is 41.4 Å². The van der Waals surface area contributed by atoms with Crippen molar-refractivity contribution in [1.29, 1.82) is 0 Å². The Morgan fingerprint density at radius 1 is 1.10 bits per heavy atom. The third kappa shape index (κ3) is 4.27. The van der Waals surface area contributed by atoms with Gasteiger partial charge in [0.05, 0.1) is 0 Å². The van der Waals surface area contributed by atoms with Crippen LogP contribution in [0, 0.1) is 0 Å². The number of carbonyl (C=O) groups excluding carboxylic acids is 3. The molecule has 2 heterocycles. The van der Waals surface area contributed by atoms with E-state index in [0.717, 1.165) is 16.5 Å². The Morgan fingerprint density at radius 3 is 2.59 bits per heavy atom. The van der Waals surface area contributed by atoms with E-state index < -0.39 is 29.8 Å². The molecule has 3 aromatic rings. The third-order valence-electron chi connectivity index (χ3n) is 4.73. The number of H-pyrrole nitrogens is 1. The molecule has 1 fully saturated rings. The number of benzene rings is 2. The zero-order chi connectivity index (χ0) is 20.2. The van der Waals surface area contributed by atoms with E-state index in [4.69, 9.17) is 4.84 Å². The van der Waals surface area contributed by atoms with Gasteiger partial charge < -0.3 is 15.6 Å². The standard InChI is InChI=1S/C21H20N4O4/c26-19(24-18-12-29-25-21(18)28)16(10-13-6-2-1-3-7-13)23-20(27)17-11-14-8-4-5-9-15(14)22-17/h1-9,11,16,18,22H,10,12H2,(H,23,27)(H,24,26)(H,25,28)/t16-,18+/m0/s1. The molecule has 148 valence electrons. The van der Waals surface area contributed by atoms with Crippen LogP contribution in [0.25, 0.3) is 10.9 Å². The van der Waals surface area contributed by atoms with Crippen molar-refractivity contribution in [1.82, 2.24) is 21.1 Å². The first kappa shape index (κ1) is 18.7. The Kier molecular flexibility index (Phi) is 5.26. The van der Waals surface area contributed by atoms with Crippen molar-refractivity contribution in [3.8, 4) is 0 Å². The van der Waals surface area contributed by atoms with Crippen LogP contribution in [0.15, 0.2) is 60.7 Å². The Bertz CT molecular complexity index is 1010. The quantitative estimate of drug-likeness (QED) is 0.502. The van der Waals surface area contributed by atoms with Gasteiger partial charge in [-0.3, -0.25) is 19.2 Å². The summed E-state index contributed by atoms with van der Waals surface area (Å²) in [4.78, 5) is 45.2.